The highest BCUT2D eigenvalue weighted by Crippen LogP contribution is 2.25. The third-order valence-corrected chi connectivity index (χ3v) is 2.33. The van der Waals surface area contributed by atoms with Crippen molar-refractivity contribution < 1.29 is 9.94 Å². The molecule has 1 fully saturated rings. The highest BCUT2D eigenvalue weighted by Gasteiger charge is 2.20. The van der Waals surface area contributed by atoms with Crippen molar-refractivity contribution in [2.75, 3.05) is 6.61 Å². The molecule has 0 aromatic carbocycles. The van der Waals surface area contributed by atoms with E-state index in [1.807, 2.05) is 12.1 Å². The molecule has 1 aliphatic rings. The van der Waals surface area contributed by atoms with Crippen LogP contribution in [0.5, 0.6) is 0 Å². The molecule has 74 valence electrons. The second kappa shape index (κ2) is 4.19. The monoisotopic (exact) mass is 192 g/mol. The molecule has 0 spiro atoms. The first-order valence-corrected chi connectivity index (χ1v) is 4.61. The van der Waals surface area contributed by atoms with E-state index in [0.717, 1.165) is 11.3 Å². The molecule has 0 amide bonds. The topological polar surface area (TPSA) is 54.7 Å². The van der Waals surface area contributed by atoms with Gasteiger partial charge in [0.2, 0.25) is 0 Å². The number of hydrogen-bond donors (Lipinski definition) is 1. The van der Waals surface area contributed by atoms with E-state index >= 15 is 0 Å². The Hall–Kier alpha value is -1.42. The summed E-state index contributed by atoms with van der Waals surface area (Å²) in [5.74, 6) is 0. The zero-order chi connectivity index (χ0) is 9.80. The summed E-state index contributed by atoms with van der Waals surface area (Å²) < 4.78 is 5.56. The maximum atomic E-state index is 8.67. The maximum Gasteiger partial charge on any atom is 0.0893 e. The van der Waals surface area contributed by atoms with Crippen LogP contribution in [0.3, 0.4) is 0 Å². The lowest BCUT2D eigenvalue weighted by molar-refractivity contribution is 0.0479. The number of pyridine rings is 1. The molecule has 2 heterocycles. The molecule has 1 N–H and O–H groups in total. The average Bonchev–Trinajstić information content (AvgIpc) is 2.30. The molecule has 1 aromatic rings. The van der Waals surface area contributed by atoms with Gasteiger partial charge in [-0.05, 0) is 11.6 Å². The molecular weight excluding hydrogens is 180 g/mol. The minimum atomic E-state index is -0.0108. The zero-order valence-corrected chi connectivity index (χ0v) is 7.76. The van der Waals surface area contributed by atoms with Gasteiger partial charge < -0.3 is 9.94 Å². The van der Waals surface area contributed by atoms with Gasteiger partial charge in [-0.3, -0.25) is 4.98 Å². The summed E-state index contributed by atoms with van der Waals surface area (Å²) in [7, 11) is 0. The fourth-order valence-electron chi connectivity index (χ4n) is 1.57. The summed E-state index contributed by atoms with van der Waals surface area (Å²) in [4.78, 5) is 4.03. The van der Waals surface area contributed by atoms with Crippen LogP contribution in [0.2, 0.25) is 0 Å². The van der Waals surface area contributed by atoms with Gasteiger partial charge in [0.15, 0.2) is 0 Å². The molecule has 0 aliphatic carbocycles. The molecule has 4 nitrogen and oxygen atoms in total. The Morgan fingerprint density at radius 2 is 2.50 bits per heavy atom. The summed E-state index contributed by atoms with van der Waals surface area (Å²) in [6.07, 6.45) is 4.87. The summed E-state index contributed by atoms with van der Waals surface area (Å²) in [5.41, 5.74) is 1.83. The van der Waals surface area contributed by atoms with Crippen LogP contribution in [0.1, 0.15) is 24.5 Å². The largest absolute Gasteiger partial charge is 0.411 e. The predicted octanol–water partition coefficient (Wildman–Crippen LogP) is 1.76. The second-order valence-corrected chi connectivity index (χ2v) is 3.27. The fourth-order valence-corrected chi connectivity index (χ4v) is 1.57. The van der Waals surface area contributed by atoms with E-state index in [1.54, 1.807) is 12.4 Å². The SMILES string of the molecule is ON=C1CCOC(c2cccnc2)C1. The quantitative estimate of drug-likeness (QED) is 0.545. The first kappa shape index (κ1) is 9.15. The van der Waals surface area contributed by atoms with Gasteiger partial charge in [-0.15, -0.1) is 0 Å². The highest BCUT2D eigenvalue weighted by atomic mass is 16.5. The summed E-state index contributed by atoms with van der Waals surface area (Å²) in [6.45, 7) is 0.610. The van der Waals surface area contributed by atoms with Crippen LogP contribution in [0, 0.1) is 0 Å². The van der Waals surface area contributed by atoms with E-state index in [1.165, 1.54) is 0 Å². The molecule has 1 aromatic heterocycles. The van der Waals surface area contributed by atoms with Gasteiger partial charge in [0, 0.05) is 25.2 Å². The van der Waals surface area contributed by atoms with Crippen LogP contribution in [0.25, 0.3) is 0 Å². The molecule has 14 heavy (non-hydrogen) atoms. The van der Waals surface area contributed by atoms with Gasteiger partial charge >= 0.3 is 0 Å². The minimum absolute atomic E-state index is 0.0108. The molecular formula is C10H12N2O2. The molecule has 0 bridgehead atoms. The highest BCUT2D eigenvalue weighted by molar-refractivity contribution is 5.85. The van der Waals surface area contributed by atoms with E-state index in [0.29, 0.717) is 19.4 Å². The van der Waals surface area contributed by atoms with Crippen LogP contribution < -0.4 is 0 Å². The van der Waals surface area contributed by atoms with Crippen molar-refractivity contribution in [3.63, 3.8) is 0 Å². The second-order valence-electron chi connectivity index (χ2n) is 3.27. The summed E-state index contributed by atoms with van der Waals surface area (Å²) in [6, 6.07) is 3.85. The molecule has 1 saturated heterocycles. The zero-order valence-electron chi connectivity index (χ0n) is 7.76. The lowest BCUT2D eigenvalue weighted by atomic mass is 10.0. The molecule has 2 rings (SSSR count). The smallest absolute Gasteiger partial charge is 0.0893 e. The molecule has 1 atom stereocenters. The van der Waals surface area contributed by atoms with Crippen molar-refractivity contribution >= 4 is 5.71 Å². The number of oxime groups is 1. The first-order valence-electron chi connectivity index (χ1n) is 4.61. The normalized spacial score (nSPS) is 25.1. The number of rotatable bonds is 1. The molecule has 0 radical (unpaired) electrons. The van der Waals surface area contributed by atoms with Crippen LogP contribution in [-0.4, -0.2) is 22.5 Å². The standard InChI is InChI=1S/C10H12N2O2/c13-12-9-3-5-14-10(6-9)8-2-1-4-11-7-8/h1-2,4,7,10,13H,3,5-6H2. The Morgan fingerprint density at radius 1 is 1.57 bits per heavy atom. The average molecular weight is 192 g/mol. The Labute approximate surface area is 82.2 Å². The van der Waals surface area contributed by atoms with E-state index in [2.05, 4.69) is 10.1 Å². The van der Waals surface area contributed by atoms with Gasteiger partial charge in [0.25, 0.3) is 0 Å². The van der Waals surface area contributed by atoms with Crippen molar-refractivity contribution in [3.8, 4) is 0 Å². The number of nitrogens with zero attached hydrogens (tertiary/aromatic N) is 2. The summed E-state index contributed by atoms with van der Waals surface area (Å²) in [5, 5.41) is 11.9. The lowest BCUT2D eigenvalue weighted by Gasteiger charge is -2.23. The number of aromatic nitrogens is 1. The fraction of sp³-hybridized carbons (Fsp3) is 0.400. The van der Waals surface area contributed by atoms with Crippen molar-refractivity contribution in [1.82, 2.24) is 4.98 Å². The number of hydrogen-bond acceptors (Lipinski definition) is 4. The van der Waals surface area contributed by atoms with Crippen LogP contribution in [0.4, 0.5) is 0 Å². The predicted molar refractivity (Wildman–Crippen MR) is 51.4 cm³/mol. The van der Waals surface area contributed by atoms with E-state index in [-0.39, 0.29) is 6.10 Å². The van der Waals surface area contributed by atoms with Crippen molar-refractivity contribution in [2.45, 2.75) is 18.9 Å². The molecule has 1 unspecified atom stereocenters. The van der Waals surface area contributed by atoms with Crippen molar-refractivity contribution in [1.29, 1.82) is 0 Å². The lowest BCUT2D eigenvalue weighted by Crippen LogP contribution is -2.19. The Kier molecular flexibility index (Phi) is 2.74. The van der Waals surface area contributed by atoms with E-state index in [9.17, 15) is 0 Å². The van der Waals surface area contributed by atoms with Crippen molar-refractivity contribution in [2.24, 2.45) is 5.16 Å². The van der Waals surface area contributed by atoms with Gasteiger partial charge in [0.1, 0.15) is 0 Å². The first-order chi connectivity index (χ1) is 6.90. The summed E-state index contributed by atoms with van der Waals surface area (Å²) >= 11 is 0. The van der Waals surface area contributed by atoms with Crippen LogP contribution in [-0.2, 0) is 4.74 Å². The van der Waals surface area contributed by atoms with Gasteiger partial charge in [0.05, 0.1) is 18.4 Å². The van der Waals surface area contributed by atoms with E-state index < -0.39 is 0 Å². The van der Waals surface area contributed by atoms with Crippen LogP contribution in [0.15, 0.2) is 29.7 Å². The third kappa shape index (κ3) is 1.90. The van der Waals surface area contributed by atoms with Gasteiger partial charge in [-0.1, -0.05) is 11.2 Å². The van der Waals surface area contributed by atoms with Gasteiger partial charge in [-0.2, -0.15) is 0 Å². The molecule has 4 heteroatoms. The Balaban J connectivity index is 2.12. The van der Waals surface area contributed by atoms with E-state index in [4.69, 9.17) is 9.94 Å². The Morgan fingerprint density at radius 3 is 3.21 bits per heavy atom. The van der Waals surface area contributed by atoms with Crippen LogP contribution >= 0.6 is 0 Å². The third-order valence-electron chi connectivity index (χ3n) is 2.33. The molecule has 0 saturated carbocycles. The maximum absolute atomic E-state index is 8.67. The van der Waals surface area contributed by atoms with Crippen molar-refractivity contribution in [3.05, 3.63) is 30.1 Å². The Bertz CT molecular complexity index is 324. The number of ether oxygens (including phenoxy) is 1. The molecule has 1 aliphatic heterocycles. The minimum Gasteiger partial charge on any atom is -0.411 e. The van der Waals surface area contributed by atoms with Gasteiger partial charge in [-0.25, -0.2) is 0 Å².